The van der Waals surface area contributed by atoms with Gasteiger partial charge in [0.2, 0.25) is 0 Å². The number of benzene rings is 2. The van der Waals surface area contributed by atoms with Crippen molar-refractivity contribution < 1.29 is 4.79 Å². The van der Waals surface area contributed by atoms with Gasteiger partial charge in [0.25, 0.3) is 5.91 Å². The number of carbonyl (C=O) groups excluding carboxylic acids is 1. The number of piperidine rings is 1. The van der Waals surface area contributed by atoms with E-state index in [1.54, 1.807) is 12.4 Å². The van der Waals surface area contributed by atoms with Gasteiger partial charge in [-0.05, 0) is 60.9 Å². The molecule has 0 saturated carbocycles. The Labute approximate surface area is 198 Å². The van der Waals surface area contributed by atoms with Crippen molar-refractivity contribution in [3.8, 4) is 5.69 Å². The van der Waals surface area contributed by atoms with Gasteiger partial charge >= 0.3 is 0 Å². The van der Waals surface area contributed by atoms with Gasteiger partial charge in [-0.1, -0.05) is 12.1 Å². The summed E-state index contributed by atoms with van der Waals surface area (Å²) in [7, 11) is 0. The number of aromatic nitrogens is 4. The van der Waals surface area contributed by atoms with Gasteiger partial charge in [0.05, 0.1) is 11.9 Å². The molecule has 0 unspecified atom stereocenters. The number of hydrogen-bond acceptors (Lipinski definition) is 6. The quantitative estimate of drug-likeness (QED) is 0.444. The summed E-state index contributed by atoms with van der Waals surface area (Å²) in [4.78, 5) is 22.6. The molecule has 0 aliphatic carbocycles. The highest BCUT2D eigenvalue weighted by Crippen LogP contribution is 2.22. The standard InChI is InChI=1S/C26H27N7O/c34-26(25-19-27-12-13-28-25)31-22-5-7-23(8-6-22)32-15-9-21(10-16-32)29-18-20-3-1-4-24(17-20)33-14-2-11-30-33/h1-8,11-14,17,19,21,29H,9-10,15-16,18H2,(H,31,34). The fourth-order valence-corrected chi connectivity index (χ4v) is 4.20. The van der Waals surface area contributed by atoms with E-state index in [0.717, 1.165) is 43.9 Å². The number of nitrogens with one attached hydrogen (secondary N) is 2. The Morgan fingerprint density at radius 2 is 1.82 bits per heavy atom. The normalized spacial score (nSPS) is 14.2. The molecule has 8 nitrogen and oxygen atoms in total. The van der Waals surface area contributed by atoms with Gasteiger partial charge in [0, 0.05) is 61.8 Å². The van der Waals surface area contributed by atoms with Crippen molar-refractivity contribution in [2.45, 2.75) is 25.4 Å². The molecular formula is C26H27N7O. The number of anilines is 2. The summed E-state index contributed by atoms with van der Waals surface area (Å²) < 4.78 is 1.88. The monoisotopic (exact) mass is 453 g/mol. The summed E-state index contributed by atoms with van der Waals surface area (Å²) in [5.74, 6) is -0.261. The Morgan fingerprint density at radius 3 is 2.56 bits per heavy atom. The Kier molecular flexibility index (Phi) is 6.58. The number of hydrogen-bond donors (Lipinski definition) is 2. The molecule has 1 aliphatic rings. The number of carbonyl (C=O) groups is 1. The zero-order valence-electron chi connectivity index (χ0n) is 18.8. The highest BCUT2D eigenvalue weighted by atomic mass is 16.1. The second kappa shape index (κ2) is 10.3. The van der Waals surface area contributed by atoms with Gasteiger partial charge in [-0.15, -0.1) is 0 Å². The molecule has 0 spiro atoms. The van der Waals surface area contributed by atoms with Crippen molar-refractivity contribution in [3.05, 3.63) is 96.8 Å². The Morgan fingerprint density at radius 1 is 0.971 bits per heavy atom. The van der Waals surface area contributed by atoms with Gasteiger partial charge in [0.1, 0.15) is 5.69 Å². The first-order chi connectivity index (χ1) is 16.7. The Balaban J connectivity index is 1.10. The molecule has 34 heavy (non-hydrogen) atoms. The summed E-state index contributed by atoms with van der Waals surface area (Å²) in [6, 6.07) is 18.9. The molecule has 5 rings (SSSR count). The van der Waals surface area contributed by atoms with Crippen LogP contribution in [0.2, 0.25) is 0 Å². The van der Waals surface area contributed by atoms with E-state index in [1.165, 1.54) is 23.6 Å². The van der Waals surface area contributed by atoms with E-state index in [-0.39, 0.29) is 5.91 Å². The summed E-state index contributed by atoms with van der Waals surface area (Å²) in [6.45, 7) is 2.84. The van der Waals surface area contributed by atoms with Crippen LogP contribution in [0.1, 0.15) is 28.9 Å². The summed E-state index contributed by atoms with van der Waals surface area (Å²) >= 11 is 0. The van der Waals surface area contributed by atoms with E-state index < -0.39 is 0 Å². The second-order valence-corrected chi connectivity index (χ2v) is 8.35. The SMILES string of the molecule is O=C(Nc1ccc(N2CCC(NCc3cccc(-n4cccn4)c3)CC2)cc1)c1cnccn1. The van der Waals surface area contributed by atoms with E-state index in [1.807, 2.05) is 29.1 Å². The summed E-state index contributed by atoms with van der Waals surface area (Å²) in [5, 5.41) is 10.9. The molecular weight excluding hydrogens is 426 g/mol. The van der Waals surface area contributed by atoms with Crippen molar-refractivity contribution in [1.82, 2.24) is 25.1 Å². The maximum atomic E-state index is 12.2. The van der Waals surface area contributed by atoms with Crippen molar-refractivity contribution in [2.24, 2.45) is 0 Å². The van der Waals surface area contributed by atoms with E-state index in [2.05, 4.69) is 67.0 Å². The van der Waals surface area contributed by atoms with Crippen molar-refractivity contribution >= 4 is 17.3 Å². The Hall–Kier alpha value is -4.04. The maximum absolute atomic E-state index is 12.2. The first-order valence-corrected chi connectivity index (χ1v) is 11.5. The third-order valence-corrected chi connectivity index (χ3v) is 6.06. The van der Waals surface area contributed by atoms with Crippen LogP contribution in [-0.4, -0.2) is 44.8 Å². The lowest BCUT2D eigenvalue weighted by molar-refractivity contribution is 0.102. The van der Waals surface area contributed by atoms with Crippen LogP contribution in [0.4, 0.5) is 11.4 Å². The molecule has 0 radical (unpaired) electrons. The van der Waals surface area contributed by atoms with Crippen LogP contribution in [0.15, 0.2) is 85.6 Å². The molecule has 2 aromatic carbocycles. The van der Waals surface area contributed by atoms with Crippen LogP contribution in [0.3, 0.4) is 0 Å². The van der Waals surface area contributed by atoms with Gasteiger partial charge in [-0.2, -0.15) is 5.10 Å². The largest absolute Gasteiger partial charge is 0.371 e. The molecule has 2 aromatic heterocycles. The minimum Gasteiger partial charge on any atom is -0.371 e. The van der Waals surface area contributed by atoms with E-state index >= 15 is 0 Å². The zero-order valence-corrected chi connectivity index (χ0v) is 18.8. The van der Waals surface area contributed by atoms with Crippen LogP contribution < -0.4 is 15.5 Å². The fourth-order valence-electron chi connectivity index (χ4n) is 4.20. The second-order valence-electron chi connectivity index (χ2n) is 8.35. The topological polar surface area (TPSA) is 88.0 Å². The van der Waals surface area contributed by atoms with Crippen molar-refractivity contribution in [2.75, 3.05) is 23.3 Å². The van der Waals surface area contributed by atoms with Crippen LogP contribution >= 0.6 is 0 Å². The third-order valence-electron chi connectivity index (χ3n) is 6.06. The third kappa shape index (κ3) is 5.29. The highest BCUT2D eigenvalue weighted by molar-refractivity contribution is 6.02. The Bertz CT molecular complexity index is 1200. The van der Waals surface area contributed by atoms with E-state index in [0.29, 0.717) is 11.7 Å². The molecule has 1 fully saturated rings. The van der Waals surface area contributed by atoms with E-state index in [4.69, 9.17) is 0 Å². The average molecular weight is 454 g/mol. The van der Waals surface area contributed by atoms with E-state index in [9.17, 15) is 4.79 Å². The molecule has 0 bridgehead atoms. The number of nitrogens with zero attached hydrogens (tertiary/aromatic N) is 5. The average Bonchev–Trinajstić information content (AvgIpc) is 3.44. The lowest BCUT2D eigenvalue weighted by atomic mass is 10.0. The van der Waals surface area contributed by atoms with Gasteiger partial charge in [0.15, 0.2) is 0 Å². The first kappa shape index (κ1) is 21.8. The molecule has 172 valence electrons. The summed E-state index contributed by atoms with van der Waals surface area (Å²) in [5.41, 5.74) is 4.55. The molecule has 8 heteroatoms. The van der Waals surface area contributed by atoms with Crippen LogP contribution in [0.25, 0.3) is 5.69 Å². The zero-order chi connectivity index (χ0) is 23.2. The smallest absolute Gasteiger partial charge is 0.275 e. The van der Waals surface area contributed by atoms with Crippen LogP contribution in [0.5, 0.6) is 0 Å². The number of amides is 1. The van der Waals surface area contributed by atoms with Crippen molar-refractivity contribution in [1.29, 1.82) is 0 Å². The molecule has 3 heterocycles. The summed E-state index contributed by atoms with van der Waals surface area (Å²) in [6.07, 6.45) is 10.4. The minimum absolute atomic E-state index is 0.261. The molecule has 1 aliphatic heterocycles. The predicted molar refractivity (Wildman–Crippen MR) is 132 cm³/mol. The molecule has 1 saturated heterocycles. The minimum atomic E-state index is -0.261. The van der Waals surface area contributed by atoms with Crippen molar-refractivity contribution in [3.63, 3.8) is 0 Å². The molecule has 2 N–H and O–H groups in total. The van der Waals surface area contributed by atoms with Crippen LogP contribution in [0, 0.1) is 0 Å². The number of rotatable bonds is 7. The highest BCUT2D eigenvalue weighted by Gasteiger charge is 2.19. The van der Waals surface area contributed by atoms with Gasteiger partial charge < -0.3 is 15.5 Å². The molecule has 4 aromatic rings. The maximum Gasteiger partial charge on any atom is 0.275 e. The predicted octanol–water partition coefficient (Wildman–Crippen LogP) is 3.67. The van der Waals surface area contributed by atoms with Crippen LogP contribution in [-0.2, 0) is 6.54 Å². The fraction of sp³-hybridized carbons (Fsp3) is 0.231. The molecule has 1 amide bonds. The molecule has 0 atom stereocenters. The lowest BCUT2D eigenvalue weighted by Crippen LogP contribution is -2.42. The van der Waals surface area contributed by atoms with Gasteiger partial charge in [-0.25, -0.2) is 9.67 Å². The lowest BCUT2D eigenvalue weighted by Gasteiger charge is -2.34. The van der Waals surface area contributed by atoms with Gasteiger partial charge in [-0.3, -0.25) is 9.78 Å². The first-order valence-electron chi connectivity index (χ1n) is 11.5.